The zero-order valence-corrected chi connectivity index (χ0v) is 17.7. The van der Waals surface area contributed by atoms with Crippen LogP contribution in [0.4, 0.5) is 21.6 Å². The molecule has 2 N–H and O–H groups in total. The van der Waals surface area contributed by atoms with Gasteiger partial charge in [-0.05, 0) is 42.7 Å². The Morgan fingerprint density at radius 1 is 1.27 bits per heavy atom. The van der Waals surface area contributed by atoms with Crippen molar-refractivity contribution in [2.24, 2.45) is 10.3 Å². The molecule has 3 rings (SSSR count). The summed E-state index contributed by atoms with van der Waals surface area (Å²) < 4.78 is 23.2. The van der Waals surface area contributed by atoms with Gasteiger partial charge in [0.15, 0.2) is 6.61 Å². The molecule has 0 saturated heterocycles. The Labute approximate surface area is 179 Å². The summed E-state index contributed by atoms with van der Waals surface area (Å²) in [6.07, 6.45) is 1.42. The fraction of sp³-hybridized carbons (Fsp3) is 0.286. The highest BCUT2D eigenvalue weighted by Gasteiger charge is 2.13. The normalized spacial score (nSPS) is 10.8. The molecule has 0 atom stereocenters. The number of carbonyl (C=O) groups is 1. The lowest BCUT2D eigenvalue weighted by atomic mass is 10.1. The first kappa shape index (κ1) is 21.5. The third-order valence-electron chi connectivity index (χ3n) is 4.29. The Kier molecular flexibility index (Phi) is 6.83. The molecular formula is C21H22FN5O2S. The molecule has 0 radical (unpaired) electrons. The minimum Gasteiger partial charge on any atom is -0.481 e. The number of halogens is 1. The van der Waals surface area contributed by atoms with Gasteiger partial charge in [-0.3, -0.25) is 4.79 Å². The first-order valence-electron chi connectivity index (χ1n) is 9.42. The van der Waals surface area contributed by atoms with Crippen LogP contribution >= 0.6 is 0 Å². The second-order valence-corrected chi connectivity index (χ2v) is 7.41. The van der Waals surface area contributed by atoms with Gasteiger partial charge in [-0.25, -0.2) is 14.4 Å². The van der Waals surface area contributed by atoms with Crippen molar-refractivity contribution < 1.29 is 13.9 Å². The molecule has 0 saturated carbocycles. The highest BCUT2D eigenvalue weighted by molar-refractivity contribution is 7.47. The summed E-state index contributed by atoms with van der Waals surface area (Å²) in [5.41, 5.74) is 2.67. The lowest BCUT2D eigenvalue weighted by Crippen LogP contribution is -2.31. The molecule has 0 aliphatic heterocycles. The van der Waals surface area contributed by atoms with Crippen LogP contribution in [-0.2, 0) is 17.2 Å². The smallest absolute Gasteiger partial charge is 0.257 e. The lowest BCUT2D eigenvalue weighted by Gasteiger charge is -2.15. The van der Waals surface area contributed by atoms with E-state index in [1.165, 1.54) is 24.5 Å². The Morgan fingerprint density at radius 3 is 2.80 bits per heavy atom. The summed E-state index contributed by atoms with van der Waals surface area (Å²) in [4.78, 5) is 20.6. The number of anilines is 2. The number of nitrogens with zero attached hydrogens (tertiary/aromatic N) is 3. The summed E-state index contributed by atoms with van der Waals surface area (Å²) in [5.74, 6) is 0.301. The molecule has 0 unspecified atom stereocenters. The summed E-state index contributed by atoms with van der Waals surface area (Å²) >= 11 is 4.77. The molecule has 7 nitrogen and oxygen atoms in total. The van der Waals surface area contributed by atoms with E-state index in [0.29, 0.717) is 35.2 Å². The lowest BCUT2D eigenvalue weighted by molar-refractivity contribution is -0.123. The average molecular weight is 428 g/mol. The Bertz CT molecular complexity index is 1090. The van der Waals surface area contributed by atoms with Crippen LogP contribution in [0.1, 0.15) is 19.4 Å². The number of aryl methyl sites for hydroxylation is 1. The maximum atomic E-state index is 13.8. The molecule has 0 bridgehead atoms. The second kappa shape index (κ2) is 9.53. The van der Waals surface area contributed by atoms with Crippen molar-refractivity contribution >= 4 is 46.4 Å². The highest BCUT2D eigenvalue weighted by Crippen LogP contribution is 2.33. The van der Waals surface area contributed by atoms with E-state index in [4.69, 9.17) is 17.2 Å². The van der Waals surface area contributed by atoms with E-state index in [1.54, 1.807) is 6.07 Å². The molecule has 2 aromatic carbocycles. The van der Waals surface area contributed by atoms with Crippen molar-refractivity contribution in [1.29, 1.82) is 0 Å². The number of ether oxygens (including phenoxy) is 1. The number of hydrogen-bond acceptors (Lipinski definition) is 7. The van der Waals surface area contributed by atoms with Crippen LogP contribution < -0.4 is 15.4 Å². The fourth-order valence-corrected chi connectivity index (χ4v) is 2.98. The van der Waals surface area contributed by atoms with E-state index in [2.05, 4.69) is 25.0 Å². The Hall–Kier alpha value is -3.20. The molecular weight excluding hydrogens is 405 g/mol. The Morgan fingerprint density at radius 2 is 2.07 bits per heavy atom. The van der Waals surface area contributed by atoms with Crippen molar-refractivity contribution in [3.63, 3.8) is 0 Å². The third-order valence-corrected chi connectivity index (χ3v) is 4.50. The van der Waals surface area contributed by atoms with Gasteiger partial charge in [0, 0.05) is 30.4 Å². The maximum Gasteiger partial charge on any atom is 0.257 e. The minimum absolute atomic E-state index is 0.205. The van der Waals surface area contributed by atoms with Crippen LogP contribution in [0.3, 0.4) is 0 Å². The SMILES string of the molecule is Cc1cc(N=S)cc2ncnc(Nc3ccc(F)cc3OCC(=O)NCC(C)C)c12. The van der Waals surface area contributed by atoms with Crippen LogP contribution in [0.15, 0.2) is 41.0 Å². The number of nitrogens with one attached hydrogen (secondary N) is 2. The van der Waals surface area contributed by atoms with Crippen molar-refractivity contribution in [2.45, 2.75) is 20.8 Å². The van der Waals surface area contributed by atoms with Gasteiger partial charge in [-0.15, -0.1) is 0 Å². The molecule has 1 amide bonds. The zero-order valence-electron chi connectivity index (χ0n) is 16.9. The number of amides is 1. The molecule has 0 aliphatic rings. The van der Waals surface area contributed by atoms with Gasteiger partial charge in [0.2, 0.25) is 0 Å². The molecule has 1 aromatic heterocycles. The summed E-state index contributed by atoms with van der Waals surface area (Å²) in [6.45, 7) is 6.21. The molecule has 156 valence electrons. The number of benzene rings is 2. The molecule has 1 heterocycles. The van der Waals surface area contributed by atoms with Crippen molar-refractivity contribution in [3.05, 3.63) is 48.0 Å². The zero-order chi connectivity index (χ0) is 21.7. The standard InChI is InChI=1S/C21H22FN5O2S/c1-12(2)9-23-19(28)10-29-18-7-14(22)4-5-16(18)26-21-20-13(3)6-15(27-30)8-17(20)24-11-25-21/h4-8,11-12H,9-10H2,1-3H3,(H,23,28)(H,24,25,26). The van der Waals surface area contributed by atoms with Crippen LogP contribution in [0.25, 0.3) is 10.9 Å². The summed E-state index contributed by atoms with van der Waals surface area (Å²) in [5, 5.41) is 6.71. The van der Waals surface area contributed by atoms with E-state index in [1.807, 2.05) is 26.8 Å². The topological polar surface area (TPSA) is 88.5 Å². The highest BCUT2D eigenvalue weighted by atomic mass is 32.1. The van der Waals surface area contributed by atoms with Crippen LogP contribution in [0.2, 0.25) is 0 Å². The summed E-state index contributed by atoms with van der Waals surface area (Å²) in [6, 6.07) is 7.67. The van der Waals surface area contributed by atoms with Gasteiger partial charge >= 0.3 is 0 Å². The van der Waals surface area contributed by atoms with Gasteiger partial charge in [-0.2, -0.15) is 4.36 Å². The molecule has 30 heavy (non-hydrogen) atoms. The number of rotatable bonds is 8. The monoisotopic (exact) mass is 427 g/mol. The molecule has 0 fully saturated rings. The van der Waals surface area contributed by atoms with Crippen molar-refractivity contribution in [1.82, 2.24) is 15.3 Å². The Balaban J connectivity index is 1.87. The van der Waals surface area contributed by atoms with Crippen molar-refractivity contribution in [3.8, 4) is 5.75 Å². The number of fused-ring (bicyclic) bond motifs is 1. The van der Waals surface area contributed by atoms with Gasteiger partial charge < -0.3 is 15.4 Å². The predicted molar refractivity (Wildman–Crippen MR) is 117 cm³/mol. The number of aromatic nitrogens is 2. The van der Waals surface area contributed by atoms with E-state index in [0.717, 1.165) is 10.9 Å². The maximum absolute atomic E-state index is 13.8. The third kappa shape index (κ3) is 5.24. The van der Waals surface area contributed by atoms with Gasteiger partial charge in [0.1, 0.15) is 23.7 Å². The molecule has 9 heteroatoms. The number of carbonyl (C=O) groups excluding carboxylic acids is 1. The first-order chi connectivity index (χ1) is 14.4. The van der Waals surface area contributed by atoms with E-state index in [-0.39, 0.29) is 18.3 Å². The number of hydrogen-bond donors (Lipinski definition) is 2. The van der Waals surface area contributed by atoms with E-state index in [9.17, 15) is 9.18 Å². The van der Waals surface area contributed by atoms with Gasteiger partial charge in [0.25, 0.3) is 5.91 Å². The van der Waals surface area contributed by atoms with Gasteiger partial charge in [-0.1, -0.05) is 13.8 Å². The van der Waals surface area contributed by atoms with Crippen LogP contribution in [-0.4, -0.2) is 29.0 Å². The average Bonchev–Trinajstić information content (AvgIpc) is 2.72. The van der Waals surface area contributed by atoms with Crippen LogP contribution in [0.5, 0.6) is 5.75 Å². The van der Waals surface area contributed by atoms with E-state index < -0.39 is 5.82 Å². The molecule has 3 aromatic rings. The fourth-order valence-electron chi connectivity index (χ4n) is 2.88. The predicted octanol–water partition coefficient (Wildman–Crippen LogP) is 4.33. The van der Waals surface area contributed by atoms with Crippen LogP contribution in [0, 0.1) is 18.7 Å². The second-order valence-electron chi connectivity index (χ2n) is 7.22. The molecule has 0 spiro atoms. The quantitative estimate of drug-likeness (QED) is 0.556. The van der Waals surface area contributed by atoms with Gasteiger partial charge in [0.05, 0.1) is 16.9 Å². The van der Waals surface area contributed by atoms with E-state index >= 15 is 0 Å². The molecule has 0 aliphatic carbocycles. The summed E-state index contributed by atoms with van der Waals surface area (Å²) in [7, 11) is 0. The van der Waals surface area contributed by atoms with Crippen molar-refractivity contribution in [2.75, 3.05) is 18.5 Å². The first-order valence-corrected chi connectivity index (χ1v) is 9.78. The largest absolute Gasteiger partial charge is 0.481 e. The minimum atomic E-state index is -0.474.